The van der Waals surface area contributed by atoms with E-state index in [0.717, 1.165) is 12.8 Å². The maximum Gasteiger partial charge on any atom is -1.00 e. The van der Waals surface area contributed by atoms with Crippen LogP contribution in [0.4, 0.5) is 0 Å². The van der Waals surface area contributed by atoms with Gasteiger partial charge in [-0.25, -0.2) is 0 Å². The van der Waals surface area contributed by atoms with Crippen molar-refractivity contribution < 1.29 is 46.1 Å². The van der Waals surface area contributed by atoms with E-state index in [2.05, 4.69) is 121 Å². The van der Waals surface area contributed by atoms with Crippen LogP contribution >= 0.6 is 0 Å². The maximum atomic E-state index is 4.21. The Morgan fingerprint density at radius 3 is 2.17 bits per heavy atom. The summed E-state index contributed by atoms with van der Waals surface area (Å²) < 4.78 is 4.97. The average Bonchev–Trinajstić information content (AvgIpc) is 3.50. The Kier molecular flexibility index (Phi) is 10.4. The molecule has 0 aromatic heterocycles. The van der Waals surface area contributed by atoms with Crippen LogP contribution in [0.25, 0.3) is 23.3 Å². The molecule has 0 bridgehead atoms. The van der Waals surface area contributed by atoms with Crippen LogP contribution in [0, 0.1) is 18.3 Å². The summed E-state index contributed by atoms with van der Waals surface area (Å²) in [6.07, 6.45) is 11.4. The van der Waals surface area contributed by atoms with E-state index in [1.54, 1.807) is 15.3 Å². The van der Waals surface area contributed by atoms with E-state index in [1.807, 2.05) is 12.2 Å². The van der Waals surface area contributed by atoms with E-state index in [-0.39, 0.29) is 30.2 Å². The first-order chi connectivity index (χ1) is 18.1. The fraction of sp³-hybridized carbons (Fsp3) is 0.270. The van der Waals surface area contributed by atoms with Crippen molar-refractivity contribution >= 4 is 18.6 Å². The van der Waals surface area contributed by atoms with Gasteiger partial charge in [0.1, 0.15) is 0 Å². The van der Waals surface area contributed by atoms with Gasteiger partial charge in [0.05, 0.1) is 0 Å². The van der Waals surface area contributed by atoms with Crippen molar-refractivity contribution in [3.63, 3.8) is 0 Å². The van der Waals surface area contributed by atoms with Gasteiger partial charge < -0.3 is 24.8 Å². The third-order valence-electron chi connectivity index (χ3n) is 8.35. The molecule has 0 spiro atoms. The predicted molar refractivity (Wildman–Crippen MR) is 165 cm³/mol. The molecule has 0 heterocycles. The second-order valence-corrected chi connectivity index (χ2v) is 18.4. The first kappa shape index (κ1) is 32.5. The van der Waals surface area contributed by atoms with Gasteiger partial charge >= 0.3 is 239 Å². The average molecular weight is 647 g/mol. The molecule has 0 N–H and O–H groups in total. The fourth-order valence-corrected chi connectivity index (χ4v) is 14.3. The first-order valence-corrected chi connectivity index (χ1v) is 17.6. The zero-order valence-electron chi connectivity index (χ0n) is 24.7. The molecule has 1 unspecified atom stereocenters. The second kappa shape index (κ2) is 12.9. The Morgan fingerprint density at radius 2 is 1.57 bits per heavy atom. The Labute approximate surface area is 262 Å². The smallest absolute Gasteiger partial charge is 1.00 e. The molecule has 3 aromatic carbocycles. The topological polar surface area (TPSA) is 0 Å². The largest absolute Gasteiger partial charge is 1.00 e. The molecule has 1 atom stereocenters. The summed E-state index contributed by atoms with van der Waals surface area (Å²) in [4.78, 5) is 0. The van der Waals surface area contributed by atoms with E-state index < -0.39 is 21.3 Å². The molecule has 0 radical (unpaired) electrons. The van der Waals surface area contributed by atoms with Gasteiger partial charge in [-0.3, -0.25) is 0 Å². The Bertz CT molecular complexity index is 1540. The SMILES string of the molecule is C=Cc1ccc2c(c1)-c1cc(C=C)c[c](/[Zr+2]([C]3=CC(C(C)(C)C)=CC3CC)=[C](/C)c3ccc(C)cc3)c1C2.[Cl-].[Cl-]. The van der Waals surface area contributed by atoms with Crippen LogP contribution in [0.2, 0.25) is 0 Å². The van der Waals surface area contributed by atoms with Crippen molar-refractivity contribution in [3.8, 4) is 11.1 Å². The molecule has 0 amide bonds. The van der Waals surface area contributed by atoms with Crippen LogP contribution in [0.3, 0.4) is 0 Å². The van der Waals surface area contributed by atoms with Crippen LogP contribution < -0.4 is 28.1 Å². The molecule has 5 rings (SSSR count). The van der Waals surface area contributed by atoms with Crippen LogP contribution in [-0.4, -0.2) is 3.21 Å². The second-order valence-electron chi connectivity index (χ2n) is 11.9. The summed E-state index contributed by atoms with van der Waals surface area (Å²) in [7, 11) is 0. The first-order valence-electron chi connectivity index (χ1n) is 13.9. The summed E-state index contributed by atoms with van der Waals surface area (Å²) in [5.74, 6) is 0.526. The molecule has 40 heavy (non-hydrogen) atoms. The third kappa shape index (κ3) is 6.09. The minimum Gasteiger partial charge on any atom is -1.00 e. The Morgan fingerprint density at radius 1 is 0.925 bits per heavy atom. The molecule has 0 nitrogen and oxygen atoms in total. The van der Waals surface area contributed by atoms with Crippen LogP contribution in [-0.2, 0) is 27.7 Å². The van der Waals surface area contributed by atoms with Gasteiger partial charge in [0, 0.05) is 0 Å². The van der Waals surface area contributed by atoms with E-state index in [9.17, 15) is 0 Å². The number of benzene rings is 3. The van der Waals surface area contributed by atoms with E-state index >= 15 is 0 Å². The van der Waals surface area contributed by atoms with Gasteiger partial charge in [-0.05, 0) is 0 Å². The van der Waals surface area contributed by atoms with Gasteiger partial charge in [0.15, 0.2) is 0 Å². The number of allylic oxidation sites excluding steroid dienone is 4. The third-order valence-corrected chi connectivity index (χ3v) is 16.0. The van der Waals surface area contributed by atoms with Crippen molar-refractivity contribution in [3.05, 3.63) is 122 Å². The van der Waals surface area contributed by atoms with Gasteiger partial charge in [-0.1, -0.05) is 0 Å². The van der Waals surface area contributed by atoms with Gasteiger partial charge in [-0.2, -0.15) is 0 Å². The van der Waals surface area contributed by atoms with E-state index in [1.165, 1.54) is 44.5 Å². The van der Waals surface area contributed by atoms with Gasteiger partial charge in [-0.15, -0.1) is 0 Å². The number of hydrogen-bond donors (Lipinski definition) is 0. The monoisotopic (exact) mass is 644 g/mol. The molecular weight excluding hydrogens is 607 g/mol. The summed E-state index contributed by atoms with van der Waals surface area (Å²) in [5, 5.41) is 0. The number of halogens is 2. The standard InChI is InChI=1S/C17H13.C11H17.C9H10.2ClH.Zr/c1-3-12-5-7-14-11-15-8-6-13(4-2)10-17(15)16(14)9-12;1-5-9-6-7-10(8-9)11(2,3)4;1-3-9-6-4-8(2)5-7-9;;;/h3-7,9-10H,1-2,11H2;7-9H,5H2,1-4H3;4-7H,1-2H3;2*1H;/q;;;;;+2/p-2. The molecule has 0 fully saturated rings. The van der Waals surface area contributed by atoms with E-state index in [4.69, 9.17) is 0 Å². The number of fused-ring (bicyclic) bond motifs is 3. The van der Waals surface area contributed by atoms with Crippen LogP contribution in [0.1, 0.15) is 74.4 Å². The maximum absolute atomic E-state index is 4.21. The number of hydrogen-bond acceptors (Lipinski definition) is 0. The van der Waals surface area contributed by atoms with Gasteiger partial charge in [0.25, 0.3) is 0 Å². The molecule has 3 heteroatoms. The summed E-state index contributed by atoms with van der Waals surface area (Å²) in [6, 6.07) is 21.0. The van der Waals surface area contributed by atoms with Crippen LogP contribution in [0.15, 0.2) is 88.8 Å². The van der Waals surface area contributed by atoms with Crippen molar-refractivity contribution in [2.45, 2.75) is 54.4 Å². The van der Waals surface area contributed by atoms with Gasteiger partial charge in [0.2, 0.25) is 0 Å². The molecule has 0 aliphatic heterocycles. The molecule has 0 saturated carbocycles. The molecule has 0 saturated heterocycles. The molecule has 2 aliphatic carbocycles. The normalized spacial score (nSPS) is 15.6. The van der Waals surface area contributed by atoms with E-state index in [0.29, 0.717) is 5.92 Å². The molecule has 2 aliphatic rings. The summed E-state index contributed by atoms with van der Waals surface area (Å²) in [5.41, 5.74) is 12.6. The number of aryl methyl sites for hydroxylation is 1. The van der Waals surface area contributed by atoms with Crippen molar-refractivity contribution in [1.82, 2.24) is 0 Å². The van der Waals surface area contributed by atoms with Crippen molar-refractivity contribution in [2.75, 3.05) is 0 Å². The fourth-order valence-electron chi connectivity index (χ4n) is 6.00. The quantitative estimate of drug-likeness (QED) is 0.302. The van der Waals surface area contributed by atoms with Crippen molar-refractivity contribution in [2.24, 2.45) is 11.3 Å². The molecule has 3 aromatic rings. The minimum absolute atomic E-state index is 0. The van der Waals surface area contributed by atoms with Crippen LogP contribution in [0.5, 0.6) is 0 Å². The molecule has 206 valence electrons. The zero-order valence-corrected chi connectivity index (χ0v) is 28.6. The van der Waals surface area contributed by atoms with Crippen molar-refractivity contribution in [1.29, 1.82) is 0 Å². The Balaban J connectivity index is 0.00000220. The summed E-state index contributed by atoms with van der Waals surface area (Å²) in [6.45, 7) is 22.3. The molecular formula is C37H40Cl2Zr. The summed E-state index contributed by atoms with van der Waals surface area (Å²) >= 11 is -2.56. The minimum atomic E-state index is -2.56. The zero-order chi connectivity index (χ0) is 27.2. The number of rotatable bonds is 6. The Hall–Kier alpha value is -2.05. The predicted octanol–water partition coefficient (Wildman–Crippen LogP) is 3.24.